The van der Waals surface area contributed by atoms with Crippen LogP contribution < -0.4 is 0 Å². The molecule has 2 aliphatic heterocycles. The van der Waals surface area contributed by atoms with E-state index < -0.39 is 0 Å². The molecule has 1 atom stereocenters. The molecule has 3 heterocycles. The number of allylic oxidation sites excluding steroid dienone is 3. The molecule has 5 aromatic rings. The van der Waals surface area contributed by atoms with E-state index in [1.54, 1.807) is 0 Å². The van der Waals surface area contributed by atoms with Crippen LogP contribution in [0.5, 0.6) is 0 Å². The van der Waals surface area contributed by atoms with Gasteiger partial charge in [0.1, 0.15) is 0 Å². The summed E-state index contributed by atoms with van der Waals surface area (Å²) in [7, 11) is 0. The molecule has 0 spiro atoms. The molecule has 2 aliphatic rings. The summed E-state index contributed by atoms with van der Waals surface area (Å²) in [5, 5.41) is 2.62. The quantitative estimate of drug-likeness (QED) is 0.227. The summed E-state index contributed by atoms with van der Waals surface area (Å²) in [6, 6.07) is 39.5. The van der Waals surface area contributed by atoms with Gasteiger partial charge in [0, 0.05) is 37.7 Å². The molecule has 2 heteroatoms. The first-order valence-corrected chi connectivity index (χ1v) is 13.1. The number of nitrogens with zero attached hydrogens (tertiary/aromatic N) is 1. The van der Waals surface area contributed by atoms with Crippen molar-refractivity contribution in [2.75, 3.05) is 0 Å². The molecule has 170 valence electrons. The van der Waals surface area contributed by atoms with Crippen LogP contribution >= 0.6 is 11.3 Å². The van der Waals surface area contributed by atoms with Gasteiger partial charge in [-0.2, -0.15) is 4.58 Å². The highest BCUT2D eigenvalue weighted by Gasteiger charge is 2.35. The fourth-order valence-corrected chi connectivity index (χ4v) is 6.76. The van der Waals surface area contributed by atoms with Crippen LogP contribution in [0.2, 0.25) is 0 Å². The van der Waals surface area contributed by atoms with E-state index in [1.165, 1.54) is 53.9 Å². The van der Waals surface area contributed by atoms with Gasteiger partial charge < -0.3 is 0 Å². The maximum atomic E-state index is 2.34. The Bertz CT molecular complexity index is 1720. The second-order valence-electron chi connectivity index (χ2n) is 9.16. The molecule has 7 rings (SSSR count). The Hall–Kier alpha value is -4.27. The van der Waals surface area contributed by atoms with E-state index in [-0.39, 0.29) is 6.04 Å². The highest BCUT2D eigenvalue weighted by Crippen LogP contribution is 2.47. The summed E-state index contributed by atoms with van der Waals surface area (Å²) < 4.78 is 2.34. The Morgan fingerprint density at radius 3 is 1.92 bits per heavy atom. The van der Waals surface area contributed by atoms with Crippen LogP contribution in [-0.2, 0) is 0 Å². The lowest BCUT2D eigenvalue weighted by molar-refractivity contribution is -0.463. The topological polar surface area (TPSA) is 3.01 Å². The Labute approximate surface area is 215 Å². The summed E-state index contributed by atoms with van der Waals surface area (Å²) in [6.45, 7) is 0. The minimum absolute atomic E-state index is 0.216. The second-order valence-corrected chi connectivity index (χ2v) is 10.2. The molecule has 1 unspecified atom stereocenters. The predicted molar refractivity (Wildman–Crippen MR) is 154 cm³/mol. The molecule has 1 aromatic heterocycles. The first kappa shape index (κ1) is 21.0. The van der Waals surface area contributed by atoms with Crippen molar-refractivity contribution in [2.24, 2.45) is 0 Å². The molecule has 1 nitrogen and oxygen atoms in total. The van der Waals surface area contributed by atoms with E-state index in [0.717, 1.165) is 0 Å². The van der Waals surface area contributed by atoms with Crippen molar-refractivity contribution in [3.8, 4) is 21.6 Å². The predicted octanol–water partition coefficient (Wildman–Crippen LogP) is 8.70. The van der Waals surface area contributed by atoms with Crippen LogP contribution in [0.3, 0.4) is 0 Å². The van der Waals surface area contributed by atoms with Gasteiger partial charge in [0.15, 0.2) is 12.4 Å². The number of thiophene rings is 1. The molecular weight excluding hydrogens is 454 g/mol. The molecule has 0 amide bonds. The first-order chi connectivity index (χ1) is 17.9. The Balaban J connectivity index is 1.50. The molecule has 0 aliphatic carbocycles. The highest BCUT2D eigenvalue weighted by molar-refractivity contribution is 7.19. The van der Waals surface area contributed by atoms with E-state index in [1.807, 2.05) is 11.3 Å². The van der Waals surface area contributed by atoms with Gasteiger partial charge in [0.25, 0.3) is 0 Å². The zero-order chi connectivity index (χ0) is 23.9. The maximum Gasteiger partial charge on any atom is 0.203 e. The molecule has 0 N–H and O–H groups in total. The van der Waals surface area contributed by atoms with Crippen molar-refractivity contribution < 1.29 is 4.58 Å². The van der Waals surface area contributed by atoms with Gasteiger partial charge in [-0.05, 0) is 22.8 Å². The monoisotopic (exact) mass is 478 g/mol. The standard InChI is InChI=1S/C34H24NS/c1-3-13-24(14-4-1)26-17-7-8-18-27(26)33-28-19-9-10-20-29(28)34(36-33)30-23-35-22-12-11-21-31(35)32(30)25-15-5-2-6-16-25/h1-23,31H/q+1. The third-order valence-corrected chi connectivity index (χ3v) is 8.34. The van der Waals surface area contributed by atoms with Crippen molar-refractivity contribution in [1.82, 2.24) is 0 Å². The van der Waals surface area contributed by atoms with E-state index >= 15 is 0 Å². The Kier molecular flexibility index (Phi) is 5.11. The molecule has 4 aromatic carbocycles. The van der Waals surface area contributed by atoms with Crippen LogP contribution in [0.25, 0.3) is 43.5 Å². The van der Waals surface area contributed by atoms with Crippen molar-refractivity contribution in [3.05, 3.63) is 144 Å². The first-order valence-electron chi connectivity index (χ1n) is 12.3. The van der Waals surface area contributed by atoms with E-state index in [2.05, 4.69) is 144 Å². The fraction of sp³-hybridized carbons (Fsp3) is 0.0294. The lowest BCUT2D eigenvalue weighted by Crippen LogP contribution is -2.19. The van der Waals surface area contributed by atoms with Gasteiger partial charge in [-0.3, -0.25) is 0 Å². The SMILES string of the molecule is C1=CC2C(c3ccccc3)=C(c3sc(-c4ccccc4-c4ccccc4)c4ccccc34)C=[N+]2C=C1. The van der Waals surface area contributed by atoms with Gasteiger partial charge in [-0.1, -0.05) is 115 Å². The number of fused-ring (bicyclic) bond motifs is 2. The Morgan fingerprint density at radius 2 is 1.17 bits per heavy atom. The van der Waals surface area contributed by atoms with E-state index in [0.29, 0.717) is 0 Å². The van der Waals surface area contributed by atoms with Gasteiger partial charge in [-0.15, -0.1) is 11.3 Å². The Morgan fingerprint density at radius 1 is 0.556 bits per heavy atom. The van der Waals surface area contributed by atoms with Gasteiger partial charge in [0.05, 0.1) is 5.57 Å². The molecular formula is C34H24NS+. The van der Waals surface area contributed by atoms with Crippen molar-refractivity contribution in [3.63, 3.8) is 0 Å². The second kappa shape index (κ2) is 8.75. The smallest absolute Gasteiger partial charge is 0.194 e. The molecule has 0 fully saturated rings. The highest BCUT2D eigenvalue weighted by atomic mass is 32.1. The summed E-state index contributed by atoms with van der Waals surface area (Å²) in [5.41, 5.74) is 7.76. The molecule has 0 saturated heterocycles. The lowest BCUT2D eigenvalue weighted by atomic mass is 9.93. The number of hydrogen-bond acceptors (Lipinski definition) is 1. The van der Waals surface area contributed by atoms with Crippen LogP contribution in [0, 0.1) is 0 Å². The zero-order valence-corrected chi connectivity index (χ0v) is 20.5. The minimum atomic E-state index is 0.216. The normalized spacial score (nSPS) is 16.4. The van der Waals surface area contributed by atoms with E-state index in [9.17, 15) is 0 Å². The van der Waals surface area contributed by atoms with Crippen molar-refractivity contribution >= 4 is 39.5 Å². The summed E-state index contributed by atoms with van der Waals surface area (Å²) in [6.07, 6.45) is 11.1. The summed E-state index contributed by atoms with van der Waals surface area (Å²) >= 11 is 1.91. The van der Waals surface area contributed by atoms with Crippen molar-refractivity contribution in [2.45, 2.75) is 6.04 Å². The van der Waals surface area contributed by atoms with Crippen LogP contribution in [0.15, 0.2) is 134 Å². The maximum absolute atomic E-state index is 2.34. The number of benzene rings is 4. The van der Waals surface area contributed by atoms with Crippen LogP contribution in [0.1, 0.15) is 10.4 Å². The molecule has 36 heavy (non-hydrogen) atoms. The zero-order valence-electron chi connectivity index (χ0n) is 19.7. The molecule has 0 saturated carbocycles. The summed E-state index contributed by atoms with van der Waals surface area (Å²) in [5.74, 6) is 0. The largest absolute Gasteiger partial charge is 0.203 e. The van der Waals surface area contributed by atoms with Crippen molar-refractivity contribution in [1.29, 1.82) is 0 Å². The van der Waals surface area contributed by atoms with Gasteiger partial charge in [-0.25, -0.2) is 0 Å². The van der Waals surface area contributed by atoms with Crippen LogP contribution in [-0.4, -0.2) is 16.8 Å². The third kappa shape index (κ3) is 3.42. The summed E-state index contributed by atoms with van der Waals surface area (Å²) in [4.78, 5) is 2.66. The van der Waals surface area contributed by atoms with Gasteiger partial charge >= 0.3 is 0 Å². The third-order valence-electron chi connectivity index (χ3n) is 7.05. The minimum Gasteiger partial charge on any atom is -0.194 e. The number of rotatable bonds is 4. The van der Waals surface area contributed by atoms with Gasteiger partial charge in [0.2, 0.25) is 6.04 Å². The number of hydrogen-bond donors (Lipinski definition) is 0. The molecule has 0 radical (unpaired) electrons. The molecule has 0 bridgehead atoms. The fourth-order valence-electron chi connectivity index (χ4n) is 5.42. The average Bonchev–Trinajstić information content (AvgIpc) is 3.53. The average molecular weight is 479 g/mol. The van der Waals surface area contributed by atoms with Crippen LogP contribution in [0.4, 0.5) is 0 Å². The van der Waals surface area contributed by atoms with E-state index in [4.69, 9.17) is 0 Å². The lowest BCUT2D eigenvalue weighted by Gasteiger charge is -2.11.